The molecular weight excluding hydrogens is 344 g/mol. The Morgan fingerprint density at radius 2 is 2.07 bits per heavy atom. The summed E-state index contributed by atoms with van der Waals surface area (Å²) in [6.07, 6.45) is 2.94. The van der Waals surface area contributed by atoms with E-state index < -0.39 is 0 Å². The molecule has 0 bridgehead atoms. The molecule has 9 nitrogen and oxygen atoms in total. The van der Waals surface area contributed by atoms with Crippen LogP contribution in [-0.2, 0) is 7.05 Å². The minimum atomic E-state index is -0.176. The van der Waals surface area contributed by atoms with Gasteiger partial charge in [-0.3, -0.25) is 9.48 Å². The minimum absolute atomic E-state index is 0.128. The highest BCUT2D eigenvalue weighted by Gasteiger charge is 2.28. The van der Waals surface area contributed by atoms with Crippen LogP contribution in [0.4, 0.5) is 5.82 Å². The molecule has 1 N–H and O–H groups in total. The first-order chi connectivity index (χ1) is 12.8. The third kappa shape index (κ3) is 4.08. The lowest BCUT2D eigenvalue weighted by molar-refractivity contribution is 0.0815. The fraction of sp³-hybridized carbons (Fsp3) is 0.611. The van der Waals surface area contributed by atoms with Gasteiger partial charge in [0.1, 0.15) is 5.82 Å². The zero-order chi connectivity index (χ0) is 19.7. The molecule has 1 unspecified atom stereocenters. The maximum atomic E-state index is 12.3. The number of nitrogens with zero attached hydrogens (tertiary/aromatic N) is 7. The quantitative estimate of drug-likeness (QED) is 0.832. The van der Waals surface area contributed by atoms with E-state index in [2.05, 4.69) is 37.4 Å². The fourth-order valence-corrected chi connectivity index (χ4v) is 3.31. The summed E-state index contributed by atoms with van der Waals surface area (Å²) in [7, 11) is 5.29. The Kier molecular flexibility index (Phi) is 5.41. The van der Waals surface area contributed by atoms with Crippen molar-refractivity contribution >= 4 is 11.7 Å². The van der Waals surface area contributed by atoms with Crippen LogP contribution in [0.15, 0.2) is 6.20 Å². The van der Waals surface area contributed by atoms with Gasteiger partial charge in [0.05, 0.1) is 11.7 Å². The van der Waals surface area contributed by atoms with E-state index in [4.69, 9.17) is 0 Å². The second-order valence-electron chi connectivity index (χ2n) is 7.42. The predicted molar refractivity (Wildman–Crippen MR) is 103 cm³/mol. The van der Waals surface area contributed by atoms with Gasteiger partial charge in [0.15, 0.2) is 0 Å². The first-order valence-corrected chi connectivity index (χ1v) is 9.20. The molecular formula is C18H28N8O. The number of nitrogens with one attached hydrogen (secondary N) is 1. The highest BCUT2D eigenvalue weighted by Crippen LogP contribution is 2.25. The Hall–Kier alpha value is -2.55. The maximum Gasteiger partial charge on any atom is 0.291 e. The van der Waals surface area contributed by atoms with E-state index in [0.29, 0.717) is 6.04 Å². The lowest BCUT2D eigenvalue weighted by Crippen LogP contribution is -2.35. The third-order valence-corrected chi connectivity index (χ3v) is 5.00. The van der Waals surface area contributed by atoms with Crippen LogP contribution >= 0.6 is 0 Å². The molecule has 9 heteroatoms. The van der Waals surface area contributed by atoms with E-state index >= 15 is 0 Å². The fourth-order valence-electron chi connectivity index (χ4n) is 3.31. The van der Waals surface area contributed by atoms with Gasteiger partial charge in [-0.1, -0.05) is 5.21 Å². The second-order valence-corrected chi connectivity index (χ2v) is 7.42. The molecule has 1 fully saturated rings. The van der Waals surface area contributed by atoms with Crippen LogP contribution in [0.1, 0.15) is 47.0 Å². The van der Waals surface area contributed by atoms with Crippen LogP contribution in [0.2, 0.25) is 0 Å². The zero-order valence-electron chi connectivity index (χ0n) is 16.9. The summed E-state index contributed by atoms with van der Waals surface area (Å²) in [5.41, 5.74) is 2.80. The van der Waals surface area contributed by atoms with Crippen molar-refractivity contribution in [2.24, 2.45) is 7.05 Å². The third-order valence-electron chi connectivity index (χ3n) is 5.00. The molecule has 3 rings (SSSR count). The summed E-state index contributed by atoms with van der Waals surface area (Å²) in [6, 6.07) is 0.451. The summed E-state index contributed by atoms with van der Waals surface area (Å²) < 4.78 is 1.71. The van der Waals surface area contributed by atoms with E-state index in [-0.39, 0.29) is 17.8 Å². The van der Waals surface area contributed by atoms with Gasteiger partial charge in [-0.05, 0) is 27.2 Å². The molecule has 1 aliphatic heterocycles. The molecule has 0 aromatic carbocycles. The highest BCUT2D eigenvalue weighted by atomic mass is 16.2. The van der Waals surface area contributed by atoms with Crippen LogP contribution in [-0.4, -0.2) is 69.0 Å². The standard InChI is InChI=1S/C18H28N8O/c1-11-12(2)20-16(18(27)24(4)5)21-17(11)26-8-7-14(9-26)19-13(3)15-10-25(6)23-22-15/h10,13-14,19H,7-9H2,1-6H3/t13?,14-/m1/s1. The molecule has 0 spiro atoms. The van der Waals surface area contributed by atoms with Gasteiger partial charge in [-0.15, -0.1) is 5.10 Å². The Balaban J connectivity index is 1.73. The average molecular weight is 372 g/mol. The van der Waals surface area contributed by atoms with Crippen LogP contribution in [0.5, 0.6) is 0 Å². The molecule has 3 heterocycles. The van der Waals surface area contributed by atoms with E-state index in [1.165, 1.54) is 4.90 Å². The Morgan fingerprint density at radius 1 is 1.33 bits per heavy atom. The van der Waals surface area contributed by atoms with E-state index in [0.717, 1.165) is 42.3 Å². The maximum absolute atomic E-state index is 12.3. The monoisotopic (exact) mass is 372 g/mol. The summed E-state index contributed by atoms with van der Waals surface area (Å²) in [6.45, 7) is 7.75. The molecule has 1 amide bonds. The van der Waals surface area contributed by atoms with Gasteiger partial charge in [0, 0.05) is 57.7 Å². The molecule has 0 saturated carbocycles. The molecule has 1 aliphatic rings. The van der Waals surface area contributed by atoms with Crippen LogP contribution < -0.4 is 10.2 Å². The zero-order valence-corrected chi connectivity index (χ0v) is 16.9. The Bertz CT molecular complexity index is 831. The van der Waals surface area contributed by atoms with Gasteiger partial charge in [-0.25, -0.2) is 9.97 Å². The molecule has 0 radical (unpaired) electrons. The van der Waals surface area contributed by atoms with Gasteiger partial charge in [0.25, 0.3) is 5.91 Å². The minimum Gasteiger partial charge on any atom is -0.355 e. The number of aromatic nitrogens is 5. The first kappa shape index (κ1) is 19.2. The SMILES string of the molecule is Cc1nc(C(=O)N(C)C)nc(N2CC[C@@H](NC(C)c3cn(C)nn3)C2)c1C. The molecule has 1 saturated heterocycles. The van der Waals surface area contributed by atoms with Crippen LogP contribution in [0, 0.1) is 13.8 Å². The number of anilines is 1. The smallest absolute Gasteiger partial charge is 0.291 e. The number of hydrogen-bond donors (Lipinski definition) is 1. The number of carbonyl (C=O) groups is 1. The Morgan fingerprint density at radius 3 is 2.70 bits per heavy atom. The largest absolute Gasteiger partial charge is 0.355 e. The first-order valence-electron chi connectivity index (χ1n) is 9.20. The topological polar surface area (TPSA) is 92.1 Å². The van der Waals surface area contributed by atoms with Crippen molar-refractivity contribution < 1.29 is 4.79 Å². The lowest BCUT2D eigenvalue weighted by Gasteiger charge is -2.23. The van der Waals surface area contributed by atoms with Crippen molar-refractivity contribution in [1.82, 2.24) is 35.2 Å². The van der Waals surface area contributed by atoms with Crippen molar-refractivity contribution in [2.45, 2.75) is 39.3 Å². The van der Waals surface area contributed by atoms with Crippen molar-refractivity contribution in [2.75, 3.05) is 32.1 Å². The van der Waals surface area contributed by atoms with Gasteiger partial charge < -0.3 is 15.1 Å². The molecule has 2 aromatic rings. The van der Waals surface area contributed by atoms with E-state index in [1.54, 1.807) is 18.8 Å². The second kappa shape index (κ2) is 7.59. The number of rotatable bonds is 5. The Labute approximate surface area is 159 Å². The predicted octanol–water partition coefficient (Wildman–Crippen LogP) is 0.853. The van der Waals surface area contributed by atoms with Crippen LogP contribution in [0.25, 0.3) is 0 Å². The van der Waals surface area contributed by atoms with Gasteiger partial charge in [-0.2, -0.15) is 0 Å². The molecule has 2 aromatic heterocycles. The van der Waals surface area contributed by atoms with E-state index in [1.807, 2.05) is 27.1 Å². The van der Waals surface area contributed by atoms with E-state index in [9.17, 15) is 4.79 Å². The molecule has 0 aliphatic carbocycles. The van der Waals surface area contributed by atoms with Crippen molar-refractivity contribution in [3.05, 3.63) is 29.0 Å². The van der Waals surface area contributed by atoms with Crippen molar-refractivity contribution in [3.8, 4) is 0 Å². The number of aryl methyl sites for hydroxylation is 2. The summed E-state index contributed by atoms with van der Waals surface area (Å²) in [5.74, 6) is 0.927. The highest BCUT2D eigenvalue weighted by molar-refractivity contribution is 5.90. The van der Waals surface area contributed by atoms with Crippen molar-refractivity contribution in [1.29, 1.82) is 0 Å². The molecule has 27 heavy (non-hydrogen) atoms. The lowest BCUT2D eigenvalue weighted by atomic mass is 10.2. The number of amides is 1. The van der Waals surface area contributed by atoms with Crippen molar-refractivity contribution in [3.63, 3.8) is 0 Å². The average Bonchev–Trinajstić information content (AvgIpc) is 3.25. The summed E-state index contributed by atoms with van der Waals surface area (Å²) in [4.78, 5) is 25.0. The normalized spacial score (nSPS) is 18.0. The number of carbonyl (C=O) groups excluding carboxylic acids is 1. The molecule has 146 valence electrons. The molecule has 2 atom stereocenters. The van der Waals surface area contributed by atoms with Gasteiger partial charge in [0.2, 0.25) is 5.82 Å². The van der Waals surface area contributed by atoms with Crippen LogP contribution in [0.3, 0.4) is 0 Å². The van der Waals surface area contributed by atoms with Gasteiger partial charge >= 0.3 is 0 Å². The summed E-state index contributed by atoms with van der Waals surface area (Å²) in [5, 5.41) is 11.8. The number of hydrogen-bond acceptors (Lipinski definition) is 7. The summed E-state index contributed by atoms with van der Waals surface area (Å²) >= 11 is 0.